The molecule has 0 fully saturated rings. The maximum absolute atomic E-state index is 12.6. The summed E-state index contributed by atoms with van der Waals surface area (Å²) < 4.78 is 97.8. The van der Waals surface area contributed by atoms with E-state index in [4.69, 9.17) is 0 Å². The average Bonchev–Trinajstić information content (AvgIpc) is 2.13. The first-order valence-corrected chi connectivity index (χ1v) is 4.12. The van der Waals surface area contributed by atoms with E-state index < -0.39 is 37.0 Å². The molecule has 0 atom stereocenters. The van der Waals surface area contributed by atoms with Crippen LogP contribution in [0.5, 0.6) is 0 Å². The van der Waals surface area contributed by atoms with Gasteiger partial charge >= 0.3 is 24.2 Å². The van der Waals surface area contributed by atoms with Gasteiger partial charge in [0.15, 0.2) is 0 Å². The lowest BCUT2D eigenvalue weighted by Gasteiger charge is -2.31. The number of rotatable bonds is 6. The number of alkyl halides is 6. The molecule has 8 heteroatoms. The maximum atomic E-state index is 12.6. The zero-order valence-corrected chi connectivity index (χ0v) is 7.85. The van der Waals surface area contributed by atoms with Gasteiger partial charge < -0.3 is 0 Å². The normalized spacial score (nSPS) is 14.6. The third-order valence-electron chi connectivity index (χ3n) is 1.83. The summed E-state index contributed by atoms with van der Waals surface area (Å²) in [7, 11) is 0. The fourth-order valence-electron chi connectivity index (χ4n) is 0.852. The molecular weight excluding hydrogens is 248 g/mol. The van der Waals surface area contributed by atoms with Gasteiger partial charge in [-0.3, -0.25) is 0 Å². The molecule has 0 saturated heterocycles. The highest BCUT2D eigenvalue weighted by Gasteiger charge is 2.75. The summed E-state index contributed by atoms with van der Waals surface area (Å²) in [5.41, 5.74) is 0. The van der Waals surface area contributed by atoms with Crippen molar-refractivity contribution in [1.82, 2.24) is 0 Å². The molecule has 0 spiro atoms. The molecule has 0 aliphatic rings. The second-order valence-electron chi connectivity index (χ2n) is 3.07. The highest BCUT2D eigenvalue weighted by molar-refractivity contribution is 5.03. The smallest absolute Gasteiger partial charge is 0.200 e. The summed E-state index contributed by atoms with van der Waals surface area (Å²) in [6.07, 6.45) is -6.44. The Morgan fingerprint density at radius 2 is 1.38 bits per heavy atom. The predicted octanol–water partition coefficient (Wildman–Crippen LogP) is 4.33. The van der Waals surface area contributed by atoms with Crippen LogP contribution in [0.25, 0.3) is 0 Å². The van der Waals surface area contributed by atoms with Gasteiger partial charge in [-0.1, -0.05) is 13.3 Å². The van der Waals surface area contributed by atoms with Gasteiger partial charge in [0.05, 0.1) is 0 Å². The first-order valence-electron chi connectivity index (χ1n) is 4.12. The van der Waals surface area contributed by atoms with Crippen LogP contribution in [0.1, 0.15) is 19.3 Å². The van der Waals surface area contributed by atoms with E-state index in [0.29, 0.717) is 0 Å². The fraction of sp³-hybridized carbons (Fsp3) is 0.750. The molecule has 0 bridgehead atoms. The van der Waals surface area contributed by atoms with E-state index in [-0.39, 0.29) is 6.42 Å². The summed E-state index contributed by atoms with van der Waals surface area (Å²) in [5, 5.41) is 0. The van der Waals surface area contributed by atoms with Crippen molar-refractivity contribution in [3.8, 4) is 0 Å². The van der Waals surface area contributed by atoms with Crippen LogP contribution in [-0.2, 0) is 0 Å². The monoisotopic (exact) mass is 256 g/mol. The maximum Gasteiger partial charge on any atom is 0.384 e. The molecule has 0 N–H and O–H groups in total. The summed E-state index contributed by atoms with van der Waals surface area (Å²) in [6, 6.07) is 0. The minimum absolute atomic E-state index is 0.195. The molecule has 0 saturated carbocycles. The molecular formula is C8H8F8. The molecule has 16 heavy (non-hydrogen) atoms. The SMILES string of the molecule is [CH2]CCCC(F)(F)C(F)(F)C(F)(F)[C](F)F. The Labute approximate surface area is 86.6 Å². The van der Waals surface area contributed by atoms with Gasteiger partial charge in [0.2, 0.25) is 0 Å². The molecule has 0 aliphatic carbocycles. The lowest BCUT2D eigenvalue weighted by Crippen LogP contribution is -2.55. The molecule has 0 nitrogen and oxygen atoms in total. The van der Waals surface area contributed by atoms with Gasteiger partial charge in [0.1, 0.15) is 0 Å². The van der Waals surface area contributed by atoms with Gasteiger partial charge in [0.25, 0.3) is 0 Å². The van der Waals surface area contributed by atoms with E-state index in [2.05, 4.69) is 6.92 Å². The van der Waals surface area contributed by atoms with E-state index in [0.717, 1.165) is 0 Å². The molecule has 0 amide bonds. The zero-order chi connectivity index (χ0) is 13.2. The number of unbranched alkanes of at least 4 members (excludes halogenated alkanes) is 1. The Morgan fingerprint density at radius 1 is 0.938 bits per heavy atom. The third kappa shape index (κ3) is 2.57. The Balaban J connectivity index is 5.01. The first-order chi connectivity index (χ1) is 7.00. The quantitative estimate of drug-likeness (QED) is 0.620. The van der Waals surface area contributed by atoms with Crippen LogP contribution in [-0.4, -0.2) is 17.8 Å². The summed E-state index contributed by atoms with van der Waals surface area (Å²) >= 11 is 0. The van der Waals surface area contributed by atoms with Crippen LogP contribution in [0, 0.1) is 13.3 Å². The molecule has 0 aromatic rings. The van der Waals surface area contributed by atoms with E-state index in [1.807, 2.05) is 0 Å². The molecule has 0 aromatic heterocycles. The highest BCUT2D eigenvalue weighted by Crippen LogP contribution is 2.52. The van der Waals surface area contributed by atoms with Gasteiger partial charge in [0, 0.05) is 6.42 Å². The van der Waals surface area contributed by atoms with Crippen molar-refractivity contribution >= 4 is 0 Å². The lowest BCUT2D eigenvalue weighted by atomic mass is 10.00. The fourth-order valence-corrected chi connectivity index (χ4v) is 0.852. The van der Waals surface area contributed by atoms with Crippen LogP contribution < -0.4 is 0 Å². The third-order valence-corrected chi connectivity index (χ3v) is 1.83. The van der Waals surface area contributed by atoms with Crippen LogP contribution in [0.15, 0.2) is 0 Å². The molecule has 0 unspecified atom stereocenters. The van der Waals surface area contributed by atoms with Crippen molar-refractivity contribution in [1.29, 1.82) is 0 Å². The Morgan fingerprint density at radius 3 is 1.69 bits per heavy atom. The summed E-state index contributed by atoms with van der Waals surface area (Å²) in [5.74, 6) is -17.5. The topological polar surface area (TPSA) is 0 Å². The summed E-state index contributed by atoms with van der Waals surface area (Å²) in [6.45, 7) is 3.05. The molecule has 0 heterocycles. The van der Waals surface area contributed by atoms with Crippen LogP contribution in [0.3, 0.4) is 0 Å². The molecule has 0 aromatic carbocycles. The highest BCUT2D eigenvalue weighted by atomic mass is 19.4. The second kappa shape index (κ2) is 4.75. The van der Waals surface area contributed by atoms with Gasteiger partial charge in [-0.05, 0) is 6.42 Å². The number of halogens is 8. The Hall–Kier alpha value is -0.560. The Bertz CT molecular complexity index is 222. The van der Waals surface area contributed by atoms with Crippen molar-refractivity contribution in [2.75, 3.05) is 0 Å². The van der Waals surface area contributed by atoms with Gasteiger partial charge in [-0.2, -0.15) is 35.1 Å². The van der Waals surface area contributed by atoms with Crippen LogP contribution >= 0.6 is 0 Å². The van der Waals surface area contributed by atoms with Gasteiger partial charge in [-0.25, -0.2) is 0 Å². The van der Waals surface area contributed by atoms with Crippen molar-refractivity contribution < 1.29 is 35.1 Å². The molecule has 0 rings (SSSR count). The molecule has 2 radical (unpaired) electrons. The number of hydrogen-bond acceptors (Lipinski definition) is 0. The van der Waals surface area contributed by atoms with Crippen molar-refractivity contribution in [2.24, 2.45) is 0 Å². The van der Waals surface area contributed by atoms with Crippen LogP contribution in [0.2, 0.25) is 0 Å². The van der Waals surface area contributed by atoms with Gasteiger partial charge in [-0.15, -0.1) is 0 Å². The summed E-state index contributed by atoms with van der Waals surface area (Å²) in [4.78, 5) is 0. The van der Waals surface area contributed by atoms with Crippen molar-refractivity contribution in [2.45, 2.75) is 37.0 Å². The lowest BCUT2D eigenvalue weighted by molar-refractivity contribution is -0.319. The second-order valence-corrected chi connectivity index (χ2v) is 3.07. The van der Waals surface area contributed by atoms with E-state index in [9.17, 15) is 35.1 Å². The standard InChI is InChI=1S/C8H8F8/c1-2-3-4-6(11,12)8(15,16)7(13,14)5(9)10/h1-4H2. The van der Waals surface area contributed by atoms with E-state index in [1.165, 1.54) is 0 Å². The largest absolute Gasteiger partial charge is 0.384 e. The van der Waals surface area contributed by atoms with Crippen molar-refractivity contribution in [3.05, 3.63) is 13.3 Å². The average molecular weight is 256 g/mol. The van der Waals surface area contributed by atoms with Crippen molar-refractivity contribution in [3.63, 3.8) is 0 Å². The first kappa shape index (κ1) is 15.4. The van der Waals surface area contributed by atoms with Crippen LogP contribution in [0.4, 0.5) is 35.1 Å². The molecule has 96 valence electrons. The van der Waals surface area contributed by atoms with E-state index >= 15 is 0 Å². The predicted molar refractivity (Wildman–Crippen MR) is 39.5 cm³/mol. The molecule has 0 aliphatic heterocycles. The minimum atomic E-state index is -6.14. The zero-order valence-electron chi connectivity index (χ0n) is 7.85. The van der Waals surface area contributed by atoms with E-state index in [1.54, 1.807) is 0 Å². The Kier molecular flexibility index (Phi) is 4.58. The number of hydrogen-bond donors (Lipinski definition) is 0. The minimum Gasteiger partial charge on any atom is -0.200 e.